The van der Waals surface area contributed by atoms with Crippen LogP contribution in [-0.4, -0.2) is 11.6 Å². The lowest BCUT2D eigenvalue weighted by molar-refractivity contribution is 0.318. The molecule has 80 valence electrons. The number of hydrogen-bond acceptors (Lipinski definition) is 3. The van der Waals surface area contributed by atoms with Gasteiger partial charge in [-0.3, -0.25) is 0 Å². The van der Waals surface area contributed by atoms with Crippen LogP contribution in [0.4, 0.5) is 0 Å². The predicted octanol–water partition coefficient (Wildman–Crippen LogP) is 4.05. The van der Waals surface area contributed by atoms with Crippen molar-refractivity contribution in [1.29, 1.82) is 0 Å². The molecule has 0 unspecified atom stereocenters. The Hall–Kier alpha value is -0.800. The van der Waals surface area contributed by atoms with E-state index in [1.54, 1.807) is 0 Å². The quantitative estimate of drug-likeness (QED) is 0.809. The van der Waals surface area contributed by atoms with Gasteiger partial charge < -0.3 is 4.74 Å². The van der Waals surface area contributed by atoms with Crippen LogP contribution < -0.4 is 4.74 Å². The Kier molecular flexibility index (Phi) is 3.12. The number of aromatic nitrogens is 1. The average molecular weight is 242 g/mol. The second-order valence-electron chi connectivity index (χ2n) is 3.40. The zero-order valence-electron chi connectivity index (χ0n) is 8.71. The van der Waals surface area contributed by atoms with Crippen molar-refractivity contribution in [3.63, 3.8) is 0 Å². The molecule has 4 heteroatoms. The molecule has 2 nitrogen and oxygen atoms in total. The number of halogens is 1. The Bertz CT molecular complexity index is 481. The zero-order chi connectivity index (χ0) is 10.8. The SMILES string of the molecule is CCCOc1cc(C)c2nc(Cl)sc2c1. The van der Waals surface area contributed by atoms with E-state index in [0.29, 0.717) is 4.47 Å². The molecule has 0 bridgehead atoms. The summed E-state index contributed by atoms with van der Waals surface area (Å²) >= 11 is 7.37. The molecule has 0 fully saturated rings. The van der Waals surface area contributed by atoms with Gasteiger partial charge in [-0.05, 0) is 31.0 Å². The van der Waals surface area contributed by atoms with Crippen LogP contribution in [0.15, 0.2) is 12.1 Å². The van der Waals surface area contributed by atoms with Gasteiger partial charge in [-0.15, -0.1) is 11.3 Å². The number of aryl methyl sites for hydroxylation is 1. The van der Waals surface area contributed by atoms with Crippen LogP contribution in [0.2, 0.25) is 4.47 Å². The first-order valence-corrected chi connectivity index (χ1v) is 6.09. The van der Waals surface area contributed by atoms with Crippen LogP contribution in [0.5, 0.6) is 5.75 Å². The number of benzene rings is 1. The highest BCUT2D eigenvalue weighted by Gasteiger charge is 2.07. The highest BCUT2D eigenvalue weighted by atomic mass is 35.5. The molecule has 1 aromatic heterocycles. The number of hydrogen-bond donors (Lipinski definition) is 0. The van der Waals surface area contributed by atoms with Gasteiger partial charge in [0.1, 0.15) is 5.75 Å². The Morgan fingerprint density at radius 3 is 3.00 bits per heavy atom. The summed E-state index contributed by atoms with van der Waals surface area (Å²) in [6.45, 7) is 4.86. The van der Waals surface area contributed by atoms with Gasteiger partial charge in [-0.25, -0.2) is 4.98 Å². The van der Waals surface area contributed by atoms with E-state index in [1.165, 1.54) is 11.3 Å². The monoisotopic (exact) mass is 241 g/mol. The number of thiazole rings is 1. The molecule has 0 saturated carbocycles. The second-order valence-corrected chi connectivity index (χ2v) is 5.01. The smallest absolute Gasteiger partial charge is 0.184 e. The van der Waals surface area contributed by atoms with Crippen LogP contribution in [0, 0.1) is 6.92 Å². The fraction of sp³-hybridized carbons (Fsp3) is 0.364. The van der Waals surface area contributed by atoms with Crippen LogP contribution >= 0.6 is 22.9 Å². The number of ether oxygens (including phenoxy) is 1. The number of nitrogens with zero attached hydrogens (tertiary/aromatic N) is 1. The molecule has 0 amide bonds. The molecule has 0 aliphatic rings. The van der Waals surface area contributed by atoms with Crippen molar-refractivity contribution in [1.82, 2.24) is 4.98 Å². The lowest BCUT2D eigenvalue weighted by Gasteiger charge is -2.05. The van der Waals surface area contributed by atoms with Gasteiger partial charge in [0.25, 0.3) is 0 Å². The third-order valence-corrected chi connectivity index (χ3v) is 3.21. The zero-order valence-corrected chi connectivity index (χ0v) is 10.3. The van der Waals surface area contributed by atoms with Gasteiger partial charge >= 0.3 is 0 Å². The molecule has 0 radical (unpaired) electrons. The van der Waals surface area contributed by atoms with Crippen molar-refractivity contribution in [2.24, 2.45) is 0 Å². The highest BCUT2D eigenvalue weighted by molar-refractivity contribution is 7.22. The van der Waals surface area contributed by atoms with Gasteiger partial charge in [-0.1, -0.05) is 18.5 Å². The Labute approximate surface area is 97.8 Å². The molecule has 2 rings (SSSR count). The van der Waals surface area contributed by atoms with Crippen molar-refractivity contribution in [3.05, 3.63) is 22.2 Å². The summed E-state index contributed by atoms with van der Waals surface area (Å²) in [5, 5.41) is 0. The van der Waals surface area contributed by atoms with Crippen molar-refractivity contribution < 1.29 is 4.74 Å². The third kappa shape index (κ3) is 2.24. The molecule has 1 heterocycles. The maximum absolute atomic E-state index is 5.88. The maximum atomic E-state index is 5.88. The van der Waals surface area contributed by atoms with E-state index in [-0.39, 0.29) is 0 Å². The number of fused-ring (bicyclic) bond motifs is 1. The van der Waals surface area contributed by atoms with Gasteiger partial charge in [-0.2, -0.15) is 0 Å². The Morgan fingerprint density at radius 2 is 2.27 bits per heavy atom. The van der Waals surface area contributed by atoms with Crippen molar-refractivity contribution >= 4 is 33.2 Å². The first-order valence-electron chi connectivity index (χ1n) is 4.90. The summed E-state index contributed by atoms with van der Waals surface area (Å²) in [6.07, 6.45) is 1.01. The van der Waals surface area contributed by atoms with Gasteiger partial charge in [0, 0.05) is 0 Å². The van der Waals surface area contributed by atoms with Crippen molar-refractivity contribution in [2.45, 2.75) is 20.3 Å². The van der Waals surface area contributed by atoms with E-state index in [0.717, 1.165) is 34.6 Å². The third-order valence-electron chi connectivity index (χ3n) is 2.11. The molecule has 0 aliphatic heterocycles. The van der Waals surface area contributed by atoms with Gasteiger partial charge in [0.15, 0.2) is 4.47 Å². The van der Waals surface area contributed by atoms with E-state index in [1.807, 2.05) is 19.1 Å². The lowest BCUT2D eigenvalue weighted by atomic mass is 10.2. The van der Waals surface area contributed by atoms with Crippen LogP contribution in [0.3, 0.4) is 0 Å². The maximum Gasteiger partial charge on any atom is 0.184 e. The molecule has 2 aromatic rings. The van der Waals surface area contributed by atoms with E-state index in [4.69, 9.17) is 16.3 Å². The molecule has 0 saturated heterocycles. The summed E-state index contributed by atoms with van der Waals surface area (Å²) in [6, 6.07) is 4.01. The van der Waals surface area contributed by atoms with Gasteiger partial charge in [0.2, 0.25) is 0 Å². The molecule has 0 aliphatic carbocycles. The average Bonchev–Trinajstić information content (AvgIpc) is 2.56. The second kappa shape index (κ2) is 4.37. The van der Waals surface area contributed by atoms with Crippen molar-refractivity contribution in [3.8, 4) is 5.75 Å². The van der Waals surface area contributed by atoms with Crippen LogP contribution in [0.25, 0.3) is 10.2 Å². The Balaban J connectivity index is 2.42. The van der Waals surface area contributed by atoms with E-state index in [9.17, 15) is 0 Å². The summed E-state index contributed by atoms with van der Waals surface area (Å²) in [4.78, 5) is 4.26. The largest absolute Gasteiger partial charge is 0.494 e. The highest BCUT2D eigenvalue weighted by Crippen LogP contribution is 2.31. The molecular formula is C11H12ClNOS. The first-order chi connectivity index (χ1) is 7.20. The molecule has 0 atom stereocenters. The minimum atomic E-state index is 0.584. The molecule has 15 heavy (non-hydrogen) atoms. The Morgan fingerprint density at radius 1 is 1.47 bits per heavy atom. The normalized spacial score (nSPS) is 10.9. The fourth-order valence-electron chi connectivity index (χ4n) is 1.44. The van der Waals surface area contributed by atoms with Crippen LogP contribution in [-0.2, 0) is 0 Å². The standard InChI is InChI=1S/C11H12ClNOS/c1-3-4-14-8-5-7(2)10-9(6-8)15-11(12)13-10/h5-6H,3-4H2,1-2H3. The fourth-order valence-corrected chi connectivity index (χ4v) is 2.57. The molecule has 0 N–H and O–H groups in total. The molecule has 1 aromatic carbocycles. The summed E-state index contributed by atoms with van der Waals surface area (Å²) in [7, 11) is 0. The molecular weight excluding hydrogens is 230 g/mol. The summed E-state index contributed by atoms with van der Waals surface area (Å²) < 4.78 is 7.26. The molecule has 0 spiro atoms. The van der Waals surface area contributed by atoms with E-state index in [2.05, 4.69) is 11.9 Å². The minimum absolute atomic E-state index is 0.584. The predicted molar refractivity (Wildman–Crippen MR) is 65.2 cm³/mol. The minimum Gasteiger partial charge on any atom is -0.494 e. The topological polar surface area (TPSA) is 22.1 Å². The summed E-state index contributed by atoms with van der Waals surface area (Å²) in [5.74, 6) is 0.905. The van der Waals surface area contributed by atoms with Crippen molar-refractivity contribution in [2.75, 3.05) is 6.61 Å². The van der Waals surface area contributed by atoms with Crippen LogP contribution in [0.1, 0.15) is 18.9 Å². The number of rotatable bonds is 3. The summed E-state index contributed by atoms with van der Waals surface area (Å²) in [5.41, 5.74) is 2.09. The van der Waals surface area contributed by atoms with Gasteiger partial charge in [0.05, 0.1) is 16.8 Å². The lowest BCUT2D eigenvalue weighted by Crippen LogP contribution is -1.95. The van der Waals surface area contributed by atoms with E-state index >= 15 is 0 Å². The first kappa shape index (κ1) is 10.7. The van der Waals surface area contributed by atoms with E-state index < -0.39 is 0 Å².